The Balaban J connectivity index is 1.51. The lowest BCUT2D eigenvalue weighted by atomic mass is 10.1. The largest absolute Gasteiger partial charge is 0.493 e. The zero-order valence-corrected chi connectivity index (χ0v) is 17.0. The van der Waals surface area contributed by atoms with Gasteiger partial charge in [-0.1, -0.05) is 30.3 Å². The van der Waals surface area contributed by atoms with E-state index in [1.807, 2.05) is 60.7 Å². The molecule has 6 nitrogen and oxygen atoms in total. The van der Waals surface area contributed by atoms with Crippen molar-refractivity contribution >= 4 is 12.0 Å². The lowest BCUT2D eigenvalue weighted by Crippen LogP contribution is -2.20. The monoisotopic (exact) mass is 404 g/mol. The fourth-order valence-electron chi connectivity index (χ4n) is 2.82. The van der Waals surface area contributed by atoms with Crippen molar-refractivity contribution in [2.24, 2.45) is 0 Å². The molecular weight excluding hydrogens is 380 g/mol. The van der Waals surface area contributed by atoms with Crippen LogP contribution in [0.5, 0.6) is 17.2 Å². The van der Waals surface area contributed by atoms with Crippen molar-refractivity contribution in [3.63, 3.8) is 0 Å². The van der Waals surface area contributed by atoms with Crippen LogP contribution in [0.1, 0.15) is 16.8 Å². The number of aromatic nitrogens is 1. The Morgan fingerprint density at radius 3 is 2.53 bits per heavy atom. The van der Waals surface area contributed by atoms with Gasteiger partial charge in [0.2, 0.25) is 5.91 Å². The minimum Gasteiger partial charge on any atom is -0.493 e. The van der Waals surface area contributed by atoms with Crippen LogP contribution in [0.15, 0.2) is 72.9 Å². The number of methoxy groups -OCH3 is 2. The van der Waals surface area contributed by atoms with Gasteiger partial charge in [-0.25, -0.2) is 0 Å². The van der Waals surface area contributed by atoms with Crippen LogP contribution in [0.25, 0.3) is 6.08 Å². The SMILES string of the molecule is COc1cccc(CNC(=O)/C=C/c2ccc(OCc3ccccn3)cc2)c1OC. The van der Waals surface area contributed by atoms with Crippen molar-refractivity contribution in [3.8, 4) is 17.2 Å². The van der Waals surface area contributed by atoms with Crippen molar-refractivity contribution in [1.82, 2.24) is 10.3 Å². The quantitative estimate of drug-likeness (QED) is 0.546. The van der Waals surface area contributed by atoms with E-state index in [0.717, 1.165) is 22.6 Å². The molecule has 0 aliphatic carbocycles. The van der Waals surface area contributed by atoms with E-state index in [0.29, 0.717) is 24.7 Å². The van der Waals surface area contributed by atoms with Gasteiger partial charge in [-0.05, 0) is 42.0 Å². The summed E-state index contributed by atoms with van der Waals surface area (Å²) in [6, 6.07) is 18.8. The number of benzene rings is 2. The Bertz CT molecular complexity index is 986. The van der Waals surface area contributed by atoms with Gasteiger partial charge >= 0.3 is 0 Å². The summed E-state index contributed by atoms with van der Waals surface area (Å²) in [5.41, 5.74) is 2.60. The van der Waals surface area contributed by atoms with E-state index >= 15 is 0 Å². The summed E-state index contributed by atoms with van der Waals surface area (Å²) in [7, 11) is 3.16. The highest BCUT2D eigenvalue weighted by atomic mass is 16.5. The highest BCUT2D eigenvalue weighted by molar-refractivity contribution is 5.91. The predicted molar refractivity (Wildman–Crippen MR) is 115 cm³/mol. The molecule has 2 aromatic carbocycles. The first-order chi connectivity index (χ1) is 14.7. The number of hydrogen-bond donors (Lipinski definition) is 1. The second kappa shape index (κ2) is 10.7. The predicted octanol–water partition coefficient (Wildman–Crippen LogP) is 4.01. The summed E-state index contributed by atoms with van der Waals surface area (Å²) in [6.07, 6.45) is 4.99. The number of carbonyl (C=O) groups is 1. The lowest BCUT2D eigenvalue weighted by Gasteiger charge is -2.12. The Hall–Kier alpha value is -3.80. The van der Waals surface area contributed by atoms with Gasteiger partial charge in [-0.15, -0.1) is 0 Å². The maximum Gasteiger partial charge on any atom is 0.244 e. The summed E-state index contributed by atoms with van der Waals surface area (Å²) < 4.78 is 16.4. The van der Waals surface area contributed by atoms with E-state index in [2.05, 4.69) is 10.3 Å². The summed E-state index contributed by atoms with van der Waals surface area (Å²) in [6.45, 7) is 0.746. The molecule has 0 radical (unpaired) electrons. The first kappa shape index (κ1) is 20.9. The molecule has 0 aliphatic rings. The topological polar surface area (TPSA) is 69.7 Å². The third-order valence-electron chi connectivity index (χ3n) is 4.36. The van der Waals surface area contributed by atoms with Gasteiger partial charge in [-0.2, -0.15) is 0 Å². The average Bonchev–Trinajstić information content (AvgIpc) is 2.81. The van der Waals surface area contributed by atoms with Crippen LogP contribution < -0.4 is 19.5 Å². The van der Waals surface area contributed by atoms with E-state index in [9.17, 15) is 4.79 Å². The number of carbonyl (C=O) groups excluding carboxylic acids is 1. The molecule has 0 fully saturated rings. The number of para-hydroxylation sites is 1. The summed E-state index contributed by atoms with van der Waals surface area (Å²) in [5.74, 6) is 1.79. The molecule has 0 atom stereocenters. The molecule has 0 unspecified atom stereocenters. The highest BCUT2D eigenvalue weighted by Gasteiger charge is 2.09. The fourth-order valence-corrected chi connectivity index (χ4v) is 2.82. The van der Waals surface area contributed by atoms with Crippen molar-refractivity contribution in [3.05, 3.63) is 89.8 Å². The van der Waals surface area contributed by atoms with Gasteiger partial charge < -0.3 is 19.5 Å². The summed E-state index contributed by atoms with van der Waals surface area (Å²) in [4.78, 5) is 16.4. The first-order valence-electron chi connectivity index (χ1n) is 9.48. The maximum atomic E-state index is 12.2. The summed E-state index contributed by atoms with van der Waals surface area (Å²) >= 11 is 0. The Labute approximate surface area is 176 Å². The number of hydrogen-bond acceptors (Lipinski definition) is 5. The van der Waals surface area contributed by atoms with Gasteiger partial charge in [0, 0.05) is 24.4 Å². The van der Waals surface area contributed by atoms with Crippen LogP contribution in [0.4, 0.5) is 0 Å². The number of pyridine rings is 1. The summed E-state index contributed by atoms with van der Waals surface area (Å²) in [5, 5.41) is 2.85. The molecule has 3 rings (SSSR count). The molecule has 154 valence electrons. The number of nitrogens with zero attached hydrogens (tertiary/aromatic N) is 1. The van der Waals surface area contributed by atoms with Crippen molar-refractivity contribution in [1.29, 1.82) is 0 Å². The molecule has 0 aliphatic heterocycles. The van der Waals surface area contributed by atoms with Gasteiger partial charge in [0.15, 0.2) is 11.5 Å². The molecule has 0 saturated heterocycles. The number of amides is 1. The molecule has 1 heterocycles. The Morgan fingerprint density at radius 1 is 1.00 bits per heavy atom. The standard InChI is InChI=1S/C24H24N2O4/c1-28-22-8-5-6-19(24(22)29-2)16-26-23(27)14-11-18-9-12-21(13-10-18)30-17-20-7-3-4-15-25-20/h3-15H,16-17H2,1-2H3,(H,26,27)/b14-11+. The van der Waals surface area contributed by atoms with Crippen LogP contribution >= 0.6 is 0 Å². The van der Waals surface area contributed by atoms with Gasteiger partial charge in [0.25, 0.3) is 0 Å². The molecular formula is C24H24N2O4. The minimum atomic E-state index is -0.199. The molecule has 3 aromatic rings. The van der Waals surface area contributed by atoms with E-state index in [4.69, 9.17) is 14.2 Å². The number of rotatable bonds is 9. The van der Waals surface area contributed by atoms with Gasteiger partial charge in [-0.3, -0.25) is 9.78 Å². The van der Waals surface area contributed by atoms with Gasteiger partial charge in [0.05, 0.1) is 19.9 Å². The van der Waals surface area contributed by atoms with Crippen molar-refractivity contribution in [2.75, 3.05) is 14.2 Å². The molecule has 30 heavy (non-hydrogen) atoms. The highest BCUT2D eigenvalue weighted by Crippen LogP contribution is 2.30. The van der Waals surface area contributed by atoms with Gasteiger partial charge in [0.1, 0.15) is 12.4 Å². The zero-order chi connectivity index (χ0) is 21.2. The zero-order valence-electron chi connectivity index (χ0n) is 17.0. The maximum absolute atomic E-state index is 12.2. The van der Waals surface area contributed by atoms with Crippen molar-refractivity contribution in [2.45, 2.75) is 13.2 Å². The third kappa shape index (κ3) is 5.85. The van der Waals surface area contributed by atoms with Crippen LogP contribution in [0.2, 0.25) is 0 Å². The Morgan fingerprint density at radius 2 is 1.83 bits per heavy atom. The average molecular weight is 404 g/mol. The fraction of sp³-hybridized carbons (Fsp3) is 0.167. The molecule has 6 heteroatoms. The molecule has 1 amide bonds. The third-order valence-corrected chi connectivity index (χ3v) is 4.36. The van der Waals surface area contributed by atoms with E-state index in [1.54, 1.807) is 26.5 Å². The van der Waals surface area contributed by atoms with E-state index < -0.39 is 0 Å². The first-order valence-corrected chi connectivity index (χ1v) is 9.48. The van der Waals surface area contributed by atoms with Crippen molar-refractivity contribution < 1.29 is 19.0 Å². The molecule has 0 saturated carbocycles. The molecule has 1 N–H and O–H groups in total. The molecule has 0 bridgehead atoms. The van der Waals surface area contributed by atoms with Crippen LogP contribution in [0.3, 0.4) is 0 Å². The van der Waals surface area contributed by atoms with Crippen LogP contribution in [-0.2, 0) is 17.9 Å². The molecule has 0 spiro atoms. The smallest absolute Gasteiger partial charge is 0.244 e. The lowest BCUT2D eigenvalue weighted by molar-refractivity contribution is -0.116. The second-order valence-electron chi connectivity index (χ2n) is 6.38. The second-order valence-corrected chi connectivity index (χ2v) is 6.38. The van der Waals surface area contributed by atoms with Crippen LogP contribution in [0, 0.1) is 0 Å². The normalized spacial score (nSPS) is 10.6. The minimum absolute atomic E-state index is 0.199. The van der Waals surface area contributed by atoms with E-state index in [1.165, 1.54) is 6.08 Å². The number of nitrogens with one attached hydrogen (secondary N) is 1. The van der Waals surface area contributed by atoms with E-state index in [-0.39, 0.29) is 5.91 Å². The number of ether oxygens (including phenoxy) is 3. The Kier molecular flexibility index (Phi) is 7.44. The molecule has 1 aromatic heterocycles. The van der Waals surface area contributed by atoms with Crippen LogP contribution in [-0.4, -0.2) is 25.1 Å².